The Bertz CT molecular complexity index is 822. The Morgan fingerprint density at radius 1 is 0.647 bits per heavy atom. The van der Waals surface area contributed by atoms with Crippen LogP contribution in [0, 0.1) is 0 Å². The van der Waals surface area contributed by atoms with Crippen molar-refractivity contribution >= 4 is 11.8 Å². The zero-order valence-electron chi connectivity index (χ0n) is 21.1. The number of hydrogen-bond acceptors (Lipinski definition) is 4. The minimum atomic E-state index is -0.107. The van der Waals surface area contributed by atoms with Crippen molar-refractivity contribution < 1.29 is 19.1 Å². The lowest BCUT2D eigenvalue weighted by atomic mass is 10.0. The van der Waals surface area contributed by atoms with Crippen molar-refractivity contribution in [1.29, 1.82) is 0 Å². The van der Waals surface area contributed by atoms with Crippen LogP contribution in [0.15, 0.2) is 48.5 Å². The van der Waals surface area contributed by atoms with Gasteiger partial charge in [0.2, 0.25) is 0 Å². The second-order valence-electron chi connectivity index (χ2n) is 9.08. The van der Waals surface area contributed by atoms with Gasteiger partial charge in [0.05, 0.1) is 0 Å². The van der Waals surface area contributed by atoms with Crippen LogP contribution in [0.4, 0.5) is 0 Å². The van der Waals surface area contributed by atoms with Gasteiger partial charge in [0.25, 0.3) is 11.8 Å². The van der Waals surface area contributed by atoms with Crippen LogP contribution in [-0.2, 0) is 9.59 Å². The van der Waals surface area contributed by atoms with E-state index in [1.54, 1.807) is 0 Å². The van der Waals surface area contributed by atoms with E-state index >= 15 is 0 Å². The Kier molecular flexibility index (Phi) is 12.0. The number of amides is 2. The van der Waals surface area contributed by atoms with E-state index in [4.69, 9.17) is 9.47 Å². The van der Waals surface area contributed by atoms with E-state index in [0.717, 1.165) is 48.3 Å². The molecule has 0 atom stereocenters. The highest BCUT2D eigenvalue weighted by atomic mass is 16.5. The Balaban J connectivity index is 1.50. The zero-order valence-corrected chi connectivity index (χ0v) is 21.1. The summed E-state index contributed by atoms with van der Waals surface area (Å²) in [5, 5.41) is 5.81. The van der Waals surface area contributed by atoms with Crippen molar-refractivity contribution in [2.75, 3.05) is 26.3 Å². The van der Waals surface area contributed by atoms with Gasteiger partial charge in [-0.2, -0.15) is 0 Å². The van der Waals surface area contributed by atoms with Crippen molar-refractivity contribution in [3.8, 4) is 11.5 Å². The maximum absolute atomic E-state index is 12.0. The quantitative estimate of drug-likeness (QED) is 0.353. The second-order valence-corrected chi connectivity index (χ2v) is 9.08. The van der Waals surface area contributed by atoms with Gasteiger partial charge < -0.3 is 20.1 Å². The minimum absolute atomic E-state index is 0.0273. The summed E-state index contributed by atoms with van der Waals surface area (Å²) in [5.74, 6) is 2.01. The van der Waals surface area contributed by atoms with E-state index < -0.39 is 0 Å². The number of ether oxygens (including phenoxy) is 2. The summed E-state index contributed by atoms with van der Waals surface area (Å²) in [7, 11) is 0. The van der Waals surface area contributed by atoms with Gasteiger partial charge in [-0.05, 0) is 47.9 Å². The third-order valence-electron chi connectivity index (χ3n) is 5.55. The third kappa shape index (κ3) is 9.86. The average Bonchev–Trinajstić information content (AvgIpc) is 2.83. The predicted octanol–water partition coefficient (Wildman–Crippen LogP) is 5.18. The SMILES string of the molecule is CC(C)c1ccccc1OCC(=O)NCCCCCCNC(=O)COc1ccccc1C(C)C. The molecule has 2 aromatic rings. The fourth-order valence-corrected chi connectivity index (χ4v) is 3.63. The van der Waals surface area contributed by atoms with Crippen molar-refractivity contribution in [3.05, 3.63) is 59.7 Å². The van der Waals surface area contributed by atoms with E-state index in [0.29, 0.717) is 24.9 Å². The fourth-order valence-electron chi connectivity index (χ4n) is 3.63. The molecule has 0 aliphatic heterocycles. The van der Waals surface area contributed by atoms with E-state index in [1.165, 1.54) is 0 Å². The zero-order chi connectivity index (χ0) is 24.8. The van der Waals surface area contributed by atoms with Crippen molar-refractivity contribution in [1.82, 2.24) is 10.6 Å². The molecule has 0 spiro atoms. The highest BCUT2D eigenvalue weighted by molar-refractivity contribution is 5.77. The average molecular weight is 469 g/mol. The summed E-state index contributed by atoms with van der Waals surface area (Å²) in [6, 6.07) is 15.7. The highest BCUT2D eigenvalue weighted by Crippen LogP contribution is 2.26. The van der Waals surface area contributed by atoms with Gasteiger partial charge >= 0.3 is 0 Å². The lowest BCUT2D eigenvalue weighted by molar-refractivity contribution is -0.123. The smallest absolute Gasteiger partial charge is 0.257 e. The number of nitrogens with one attached hydrogen (secondary N) is 2. The molecule has 6 heteroatoms. The molecule has 2 amide bonds. The van der Waals surface area contributed by atoms with Crippen LogP contribution < -0.4 is 20.1 Å². The maximum Gasteiger partial charge on any atom is 0.257 e. The van der Waals surface area contributed by atoms with E-state index in [1.807, 2.05) is 48.5 Å². The number of unbranched alkanes of at least 4 members (excludes halogenated alkanes) is 3. The molecule has 0 radical (unpaired) electrons. The molecule has 0 heterocycles. The number of rotatable bonds is 15. The molecular formula is C28H40N2O4. The van der Waals surface area contributed by atoms with Gasteiger partial charge in [0, 0.05) is 13.1 Å². The number of benzene rings is 2. The molecule has 34 heavy (non-hydrogen) atoms. The molecule has 0 fully saturated rings. The second kappa shape index (κ2) is 15.0. The Morgan fingerprint density at radius 3 is 1.41 bits per heavy atom. The predicted molar refractivity (Wildman–Crippen MR) is 137 cm³/mol. The first-order valence-electron chi connectivity index (χ1n) is 12.3. The van der Waals surface area contributed by atoms with E-state index in [9.17, 15) is 9.59 Å². The molecule has 0 unspecified atom stereocenters. The minimum Gasteiger partial charge on any atom is -0.483 e. The summed E-state index contributed by atoms with van der Waals surface area (Å²) in [5.41, 5.74) is 2.21. The molecule has 2 rings (SSSR count). The largest absolute Gasteiger partial charge is 0.483 e. The Labute approximate surface area is 204 Å². The molecule has 186 valence electrons. The van der Waals surface area contributed by atoms with Crippen LogP contribution in [0.1, 0.15) is 76.3 Å². The first kappa shape index (κ1) is 27.2. The molecular weight excluding hydrogens is 428 g/mol. The van der Waals surface area contributed by atoms with Crippen LogP contribution in [0.3, 0.4) is 0 Å². The molecule has 2 N–H and O–H groups in total. The number of hydrogen-bond donors (Lipinski definition) is 2. The molecule has 0 aliphatic rings. The molecule has 0 bridgehead atoms. The van der Waals surface area contributed by atoms with Crippen LogP contribution in [-0.4, -0.2) is 38.1 Å². The van der Waals surface area contributed by atoms with Crippen molar-refractivity contribution in [3.63, 3.8) is 0 Å². The van der Waals surface area contributed by atoms with Crippen LogP contribution in [0.25, 0.3) is 0 Å². The van der Waals surface area contributed by atoms with Gasteiger partial charge in [-0.15, -0.1) is 0 Å². The fraction of sp³-hybridized carbons (Fsp3) is 0.500. The number of carbonyl (C=O) groups excluding carboxylic acids is 2. The van der Waals surface area contributed by atoms with Crippen molar-refractivity contribution in [2.24, 2.45) is 0 Å². The highest BCUT2D eigenvalue weighted by Gasteiger charge is 2.10. The Morgan fingerprint density at radius 2 is 1.03 bits per heavy atom. The maximum atomic E-state index is 12.0. The first-order chi connectivity index (χ1) is 16.4. The summed E-state index contributed by atoms with van der Waals surface area (Å²) >= 11 is 0. The summed E-state index contributed by atoms with van der Waals surface area (Å²) in [6.07, 6.45) is 3.78. The number of carbonyl (C=O) groups is 2. The summed E-state index contributed by atoms with van der Waals surface area (Å²) in [4.78, 5) is 24.1. The van der Waals surface area contributed by atoms with Crippen LogP contribution >= 0.6 is 0 Å². The van der Waals surface area contributed by atoms with E-state index in [-0.39, 0.29) is 25.0 Å². The van der Waals surface area contributed by atoms with Crippen LogP contribution in [0.2, 0.25) is 0 Å². The molecule has 6 nitrogen and oxygen atoms in total. The normalized spacial score (nSPS) is 10.9. The Hall–Kier alpha value is -3.02. The summed E-state index contributed by atoms with van der Waals surface area (Å²) < 4.78 is 11.4. The topological polar surface area (TPSA) is 76.7 Å². The van der Waals surface area contributed by atoms with Crippen molar-refractivity contribution in [2.45, 2.75) is 65.2 Å². The lowest BCUT2D eigenvalue weighted by Crippen LogP contribution is -2.30. The first-order valence-corrected chi connectivity index (χ1v) is 12.3. The molecule has 0 saturated carbocycles. The molecule has 0 aromatic heterocycles. The van der Waals surface area contributed by atoms with Crippen LogP contribution in [0.5, 0.6) is 11.5 Å². The summed E-state index contributed by atoms with van der Waals surface area (Å²) in [6.45, 7) is 9.73. The van der Waals surface area contributed by atoms with Gasteiger partial charge in [0.1, 0.15) is 11.5 Å². The van der Waals surface area contributed by atoms with E-state index in [2.05, 4.69) is 38.3 Å². The lowest BCUT2D eigenvalue weighted by Gasteiger charge is -2.14. The standard InChI is InChI=1S/C28H40N2O4/c1-21(2)23-13-7-9-15-25(23)33-19-27(31)29-17-11-5-6-12-18-30-28(32)20-34-26-16-10-8-14-24(26)22(3)4/h7-10,13-16,21-22H,5-6,11-12,17-20H2,1-4H3,(H,29,31)(H,30,32). The van der Waals surface area contributed by atoms with Gasteiger partial charge in [-0.3, -0.25) is 9.59 Å². The third-order valence-corrected chi connectivity index (χ3v) is 5.55. The van der Waals surface area contributed by atoms with Gasteiger partial charge in [-0.25, -0.2) is 0 Å². The van der Waals surface area contributed by atoms with Gasteiger partial charge in [0.15, 0.2) is 13.2 Å². The number of para-hydroxylation sites is 2. The monoisotopic (exact) mass is 468 g/mol. The molecule has 0 saturated heterocycles. The molecule has 0 aliphatic carbocycles. The molecule has 2 aromatic carbocycles. The van der Waals surface area contributed by atoms with Gasteiger partial charge in [-0.1, -0.05) is 76.9 Å².